The van der Waals surface area contributed by atoms with Crippen LogP contribution in [0.5, 0.6) is 0 Å². The number of aliphatic hydroxyl groups is 1. The fourth-order valence-electron chi connectivity index (χ4n) is 2.36. The van der Waals surface area contributed by atoms with Gasteiger partial charge in [0.2, 0.25) is 0 Å². The number of halogens is 1. The zero-order chi connectivity index (χ0) is 14.9. The van der Waals surface area contributed by atoms with E-state index in [1.54, 1.807) is 32.9 Å². The molecule has 0 saturated carbocycles. The van der Waals surface area contributed by atoms with Crippen LogP contribution in [-0.4, -0.2) is 30.0 Å². The lowest BCUT2D eigenvalue weighted by Crippen LogP contribution is -2.44. The van der Waals surface area contributed by atoms with Gasteiger partial charge in [0.05, 0.1) is 5.69 Å². The second-order valence-corrected chi connectivity index (χ2v) is 6.09. The van der Waals surface area contributed by atoms with Crippen molar-refractivity contribution < 1.29 is 19.0 Å². The van der Waals surface area contributed by atoms with Crippen molar-refractivity contribution in [2.24, 2.45) is 5.92 Å². The van der Waals surface area contributed by atoms with Gasteiger partial charge in [-0.25, -0.2) is 9.18 Å². The molecule has 1 atom stereocenters. The minimum Gasteiger partial charge on any atom is -0.443 e. The Morgan fingerprint density at radius 3 is 2.80 bits per heavy atom. The van der Waals surface area contributed by atoms with E-state index in [4.69, 9.17) is 4.74 Å². The third-order valence-electron chi connectivity index (χ3n) is 3.16. The summed E-state index contributed by atoms with van der Waals surface area (Å²) in [6, 6.07) is 4.72. The number of carbonyl (C=O) groups excluding carboxylic acids is 1. The van der Waals surface area contributed by atoms with Crippen LogP contribution >= 0.6 is 0 Å². The average Bonchev–Trinajstić information content (AvgIpc) is 2.35. The Labute approximate surface area is 118 Å². The van der Waals surface area contributed by atoms with Gasteiger partial charge in [0.25, 0.3) is 0 Å². The van der Waals surface area contributed by atoms with Gasteiger partial charge < -0.3 is 9.84 Å². The number of rotatable bonds is 1. The first-order valence-corrected chi connectivity index (χ1v) is 6.70. The molecule has 1 amide bonds. The molecule has 5 heteroatoms. The Kier molecular flexibility index (Phi) is 3.99. The molecule has 0 radical (unpaired) electrons. The molecule has 0 aliphatic carbocycles. The van der Waals surface area contributed by atoms with Gasteiger partial charge in [0.1, 0.15) is 11.4 Å². The van der Waals surface area contributed by atoms with Gasteiger partial charge in [-0.15, -0.1) is 0 Å². The number of aliphatic hydroxyl groups excluding tert-OH is 1. The molecule has 1 unspecified atom stereocenters. The van der Waals surface area contributed by atoms with E-state index < -0.39 is 17.5 Å². The van der Waals surface area contributed by atoms with E-state index in [0.29, 0.717) is 6.42 Å². The van der Waals surface area contributed by atoms with Gasteiger partial charge in [-0.3, -0.25) is 4.90 Å². The molecule has 20 heavy (non-hydrogen) atoms. The van der Waals surface area contributed by atoms with Crippen LogP contribution in [0.2, 0.25) is 0 Å². The summed E-state index contributed by atoms with van der Waals surface area (Å²) in [6.07, 6.45) is -0.0231. The molecule has 0 fully saturated rings. The largest absolute Gasteiger partial charge is 0.443 e. The molecule has 1 heterocycles. The standard InChI is InChI=1S/C15H20FNO3/c1-15(2,3)20-14(19)17-8-10(9-18)7-11-5-4-6-12(16)13(11)17/h4-6,10,18H,7-9H2,1-3H3. The lowest BCUT2D eigenvalue weighted by molar-refractivity contribution is 0.0564. The van der Waals surface area contributed by atoms with Crippen molar-refractivity contribution >= 4 is 11.8 Å². The van der Waals surface area contributed by atoms with Crippen LogP contribution in [0.1, 0.15) is 26.3 Å². The van der Waals surface area contributed by atoms with Gasteiger partial charge in [0.15, 0.2) is 0 Å². The number of benzene rings is 1. The summed E-state index contributed by atoms with van der Waals surface area (Å²) in [7, 11) is 0. The zero-order valence-corrected chi connectivity index (χ0v) is 12.0. The molecule has 110 valence electrons. The maximum atomic E-state index is 14.0. The maximum absolute atomic E-state index is 14.0. The first kappa shape index (κ1) is 14.8. The Balaban J connectivity index is 2.35. The van der Waals surface area contributed by atoms with E-state index in [9.17, 15) is 14.3 Å². The average molecular weight is 281 g/mol. The number of amides is 1. The summed E-state index contributed by atoms with van der Waals surface area (Å²) in [5, 5.41) is 9.35. The number of fused-ring (bicyclic) bond motifs is 1. The summed E-state index contributed by atoms with van der Waals surface area (Å²) in [4.78, 5) is 13.5. The first-order valence-electron chi connectivity index (χ1n) is 6.70. The molecular weight excluding hydrogens is 261 g/mol. The van der Waals surface area contributed by atoms with Crippen molar-refractivity contribution in [3.8, 4) is 0 Å². The molecule has 1 aromatic rings. The second-order valence-electron chi connectivity index (χ2n) is 6.09. The molecule has 1 aliphatic rings. The maximum Gasteiger partial charge on any atom is 0.414 e. The van der Waals surface area contributed by atoms with Gasteiger partial charge in [-0.05, 0) is 38.8 Å². The Hall–Kier alpha value is -1.62. The molecule has 0 aromatic heterocycles. The molecule has 0 saturated heterocycles. The molecule has 1 aromatic carbocycles. The Bertz CT molecular complexity index is 510. The number of hydrogen-bond donors (Lipinski definition) is 1. The predicted octanol–water partition coefficient (Wildman–Crippen LogP) is 2.73. The summed E-state index contributed by atoms with van der Waals surface area (Å²) >= 11 is 0. The van der Waals surface area contributed by atoms with E-state index in [0.717, 1.165) is 5.56 Å². The molecule has 1 N–H and O–H groups in total. The highest BCUT2D eigenvalue weighted by Crippen LogP contribution is 2.33. The molecule has 0 spiro atoms. The van der Waals surface area contributed by atoms with Crippen LogP contribution in [-0.2, 0) is 11.2 Å². The third kappa shape index (κ3) is 3.10. The van der Waals surface area contributed by atoms with Crippen molar-refractivity contribution in [1.82, 2.24) is 0 Å². The number of para-hydroxylation sites is 1. The number of nitrogens with zero attached hydrogens (tertiary/aromatic N) is 1. The smallest absolute Gasteiger partial charge is 0.414 e. The van der Waals surface area contributed by atoms with Crippen molar-refractivity contribution in [1.29, 1.82) is 0 Å². The lowest BCUT2D eigenvalue weighted by Gasteiger charge is -2.35. The van der Waals surface area contributed by atoms with E-state index in [-0.39, 0.29) is 24.8 Å². The van der Waals surface area contributed by atoms with Crippen LogP contribution in [0.25, 0.3) is 0 Å². The fourth-order valence-corrected chi connectivity index (χ4v) is 2.36. The highest BCUT2D eigenvalue weighted by atomic mass is 19.1. The lowest BCUT2D eigenvalue weighted by atomic mass is 9.93. The second kappa shape index (κ2) is 5.40. The quantitative estimate of drug-likeness (QED) is 0.861. The number of carbonyl (C=O) groups is 1. The van der Waals surface area contributed by atoms with Crippen molar-refractivity contribution in [3.05, 3.63) is 29.6 Å². The van der Waals surface area contributed by atoms with Crippen LogP contribution in [0.4, 0.5) is 14.9 Å². The van der Waals surface area contributed by atoms with Gasteiger partial charge in [-0.2, -0.15) is 0 Å². The number of ether oxygens (including phenoxy) is 1. The molecule has 2 rings (SSSR count). The van der Waals surface area contributed by atoms with Gasteiger partial charge >= 0.3 is 6.09 Å². The summed E-state index contributed by atoms with van der Waals surface area (Å²) in [5.41, 5.74) is 0.349. The van der Waals surface area contributed by atoms with Crippen molar-refractivity contribution in [2.75, 3.05) is 18.1 Å². The van der Waals surface area contributed by atoms with Crippen LogP contribution < -0.4 is 4.90 Å². The van der Waals surface area contributed by atoms with Crippen LogP contribution in [0.15, 0.2) is 18.2 Å². The highest BCUT2D eigenvalue weighted by molar-refractivity contribution is 5.89. The zero-order valence-electron chi connectivity index (χ0n) is 12.0. The highest BCUT2D eigenvalue weighted by Gasteiger charge is 2.33. The minimum absolute atomic E-state index is 0.0464. The first-order chi connectivity index (χ1) is 9.31. The molecule has 1 aliphatic heterocycles. The SMILES string of the molecule is CC(C)(C)OC(=O)N1CC(CO)Cc2cccc(F)c21. The van der Waals surface area contributed by atoms with E-state index in [1.807, 2.05) is 0 Å². The summed E-state index contributed by atoms with van der Waals surface area (Å²) in [5.74, 6) is -0.540. The molecular formula is C15H20FNO3. The summed E-state index contributed by atoms with van der Waals surface area (Å²) in [6.45, 7) is 5.51. The number of anilines is 1. The van der Waals surface area contributed by atoms with Crippen molar-refractivity contribution in [2.45, 2.75) is 32.8 Å². The topological polar surface area (TPSA) is 49.8 Å². The van der Waals surface area contributed by atoms with Gasteiger partial charge in [-0.1, -0.05) is 12.1 Å². The Morgan fingerprint density at radius 2 is 2.20 bits per heavy atom. The Morgan fingerprint density at radius 1 is 1.50 bits per heavy atom. The van der Waals surface area contributed by atoms with E-state index in [1.165, 1.54) is 11.0 Å². The predicted molar refractivity (Wildman–Crippen MR) is 74.3 cm³/mol. The number of hydrogen-bond acceptors (Lipinski definition) is 3. The molecule has 0 bridgehead atoms. The fraction of sp³-hybridized carbons (Fsp3) is 0.533. The van der Waals surface area contributed by atoms with Crippen LogP contribution in [0.3, 0.4) is 0 Å². The summed E-state index contributed by atoms with van der Waals surface area (Å²) < 4.78 is 19.4. The van der Waals surface area contributed by atoms with Crippen LogP contribution in [0, 0.1) is 11.7 Å². The van der Waals surface area contributed by atoms with Crippen molar-refractivity contribution in [3.63, 3.8) is 0 Å². The monoisotopic (exact) mass is 281 g/mol. The van der Waals surface area contributed by atoms with E-state index >= 15 is 0 Å². The molecule has 4 nitrogen and oxygen atoms in total. The minimum atomic E-state index is -0.644. The van der Waals surface area contributed by atoms with Gasteiger partial charge in [0, 0.05) is 19.1 Å². The normalized spacial score (nSPS) is 18.6. The third-order valence-corrected chi connectivity index (χ3v) is 3.16. The van der Waals surface area contributed by atoms with E-state index in [2.05, 4.69) is 0 Å².